The fourth-order valence-corrected chi connectivity index (χ4v) is 3.05. The Kier molecular flexibility index (Phi) is 5.62. The monoisotopic (exact) mass is 289 g/mol. The molecular formula is C17H23NOS. The first-order chi connectivity index (χ1) is 9.72. The Morgan fingerprint density at radius 2 is 1.95 bits per heavy atom. The summed E-state index contributed by atoms with van der Waals surface area (Å²) in [5.74, 6) is 0.935. The highest BCUT2D eigenvalue weighted by Gasteiger charge is 2.05. The lowest BCUT2D eigenvalue weighted by Crippen LogP contribution is -1.96. The summed E-state index contributed by atoms with van der Waals surface area (Å²) >= 11 is 1.76. The van der Waals surface area contributed by atoms with Gasteiger partial charge in [0.05, 0.1) is 0 Å². The van der Waals surface area contributed by atoms with E-state index in [0.29, 0.717) is 13.2 Å². The molecule has 2 rings (SSSR count). The number of benzene rings is 1. The molecule has 2 nitrogen and oxygen atoms in total. The molecule has 2 N–H and O–H groups in total. The van der Waals surface area contributed by atoms with Gasteiger partial charge in [0.15, 0.2) is 0 Å². The van der Waals surface area contributed by atoms with Crippen LogP contribution in [0.2, 0.25) is 0 Å². The molecule has 2 aromatic rings. The van der Waals surface area contributed by atoms with Crippen LogP contribution in [-0.4, -0.2) is 0 Å². The minimum atomic E-state index is 0.609. The zero-order valence-electron chi connectivity index (χ0n) is 12.3. The topological polar surface area (TPSA) is 35.2 Å². The normalized spacial score (nSPS) is 10.8. The largest absolute Gasteiger partial charge is 0.489 e. The molecule has 1 heterocycles. The fraction of sp³-hybridized carbons (Fsp3) is 0.412. The lowest BCUT2D eigenvalue weighted by atomic mass is 10.1. The standard InChI is InChI=1S/C17H23NOS/c1-3-4-5-14-6-8-16(9-7-14)19-12-15-10-17(11-18)20-13(15)2/h6-10H,3-5,11-12,18H2,1-2H3. The first-order valence-corrected chi connectivity index (χ1v) is 8.04. The third-order valence-electron chi connectivity index (χ3n) is 3.41. The van der Waals surface area contributed by atoms with Crippen LogP contribution in [0.3, 0.4) is 0 Å². The van der Waals surface area contributed by atoms with E-state index in [9.17, 15) is 0 Å². The van der Waals surface area contributed by atoms with E-state index in [4.69, 9.17) is 10.5 Å². The fourth-order valence-electron chi connectivity index (χ4n) is 2.13. The minimum absolute atomic E-state index is 0.609. The van der Waals surface area contributed by atoms with Gasteiger partial charge in [-0.05, 0) is 43.5 Å². The van der Waals surface area contributed by atoms with Gasteiger partial charge in [-0.25, -0.2) is 0 Å². The molecule has 0 fully saturated rings. The van der Waals surface area contributed by atoms with Gasteiger partial charge in [-0.2, -0.15) is 0 Å². The van der Waals surface area contributed by atoms with Crippen molar-refractivity contribution in [2.45, 2.75) is 46.3 Å². The van der Waals surface area contributed by atoms with Crippen LogP contribution < -0.4 is 10.5 Å². The molecule has 0 aliphatic rings. The van der Waals surface area contributed by atoms with Crippen LogP contribution in [0.5, 0.6) is 5.75 Å². The van der Waals surface area contributed by atoms with Crippen LogP contribution in [0.15, 0.2) is 30.3 Å². The summed E-state index contributed by atoms with van der Waals surface area (Å²) in [7, 11) is 0. The lowest BCUT2D eigenvalue weighted by molar-refractivity contribution is 0.306. The van der Waals surface area contributed by atoms with E-state index >= 15 is 0 Å². The molecule has 0 atom stereocenters. The molecule has 0 aliphatic heterocycles. The number of rotatable bonds is 7. The Bertz CT molecular complexity index is 530. The molecule has 0 radical (unpaired) electrons. The van der Waals surface area contributed by atoms with Gasteiger partial charge in [0, 0.05) is 21.9 Å². The van der Waals surface area contributed by atoms with Gasteiger partial charge in [0.25, 0.3) is 0 Å². The van der Waals surface area contributed by atoms with Crippen LogP contribution in [0.4, 0.5) is 0 Å². The molecule has 0 unspecified atom stereocenters. The highest BCUT2D eigenvalue weighted by molar-refractivity contribution is 7.12. The highest BCUT2D eigenvalue weighted by atomic mass is 32.1. The Morgan fingerprint density at radius 3 is 2.55 bits per heavy atom. The van der Waals surface area contributed by atoms with Crippen molar-refractivity contribution in [2.24, 2.45) is 5.73 Å². The first kappa shape index (κ1) is 15.1. The number of unbranched alkanes of at least 4 members (excludes halogenated alkanes) is 1. The number of ether oxygens (including phenoxy) is 1. The quantitative estimate of drug-likeness (QED) is 0.818. The predicted molar refractivity (Wildman–Crippen MR) is 86.3 cm³/mol. The van der Waals surface area contributed by atoms with Crippen molar-refractivity contribution < 1.29 is 4.74 Å². The molecule has 0 saturated heterocycles. The van der Waals surface area contributed by atoms with Crippen LogP contribution in [0, 0.1) is 6.92 Å². The second kappa shape index (κ2) is 7.46. The summed E-state index contributed by atoms with van der Waals surface area (Å²) in [6, 6.07) is 10.6. The van der Waals surface area contributed by atoms with Crippen molar-refractivity contribution in [3.63, 3.8) is 0 Å². The zero-order chi connectivity index (χ0) is 14.4. The smallest absolute Gasteiger partial charge is 0.119 e. The van der Waals surface area contributed by atoms with Gasteiger partial charge in [0.1, 0.15) is 12.4 Å². The van der Waals surface area contributed by atoms with Crippen LogP contribution in [0.25, 0.3) is 0 Å². The Balaban J connectivity index is 1.91. The molecule has 0 aliphatic carbocycles. The average molecular weight is 289 g/mol. The maximum atomic E-state index is 5.86. The van der Waals surface area contributed by atoms with E-state index in [1.165, 1.54) is 33.7 Å². The predicted octanol–water partition coefficient (Wildman–Crippen LogP) is 4.44. The van der Waals surface area contributed by atoms with E-state index < -0.39 is 0 Å². The Labute approximate surface area is 125 Å². The molecule has 0 amide bonds. The summed E-state index contributed by atoms with van der Waals surface area (Å²) in [5.41, 5.74) is 8.29. The summed E-state index contributed by atoms with van der Waals surface area (Å²) < 4.78 is 5.86. The molecule has 1 aromatic carbocycles. The van der Waals surface area contributed by atoms with Gasteiger partial charge in [-0.15, -0.1) is 11.3 Å². The van der Waals surface area contributed by atoms with E-state index in [-0.39, 0.29) is 0 Å². The van der Waals surface area contributed by atoms with Crippen molar-refractivity contribution in [1.82, 2.24) is 0 Å². The molecule has 108 valence electrons. The van der Waals surface area contributed by atoms with Gasteiger partial charge >= 0.3 is 0 Å². The second-order valence-corrected chi connectivity index (χ2v) is 6.38. The molecule has 3 heteroatoms. The zero-order valence-corrected chi connectivity index (χ0v) is 13.1. The Morgan fingerprint density at radius 1 is 1.20 bits per heavy atom. The average Bonchev–Trinajstić information content (AvgIpc) is 2.84. The van der Waals surface area contributed by atoms with E-state index in [2.05, 4.69) is 44.2 Å². The van der Waals surface area contributed by atoms with Crippen molar-refractivity contribution in [1.29, 1.82) is 0 Å². The molecule has 20 heavy (non-hydrogen) atoms. The first-order valence-electron chi connectivity index (χ1n) is 7.23. The van der Waals surface area contributed by atoms with E-state index in [1.807, 2.05) is 0 Å². The number of nitrogens with two attached hydrogens (primary N) is 1. The van der Waals surface area contributed by atoms with Crippen molar-refractivity contribution in [3.05, 3.63) is 51.2 Å². The van der Waals surface area contributed by atoms with Crippen LogP contribution in [0.1, 0.15) is 40.6 Å². The minimum Gasteiger partial charge on any atom is -0.489 e. The maximum absolute atomic E-state index is 5.86. The van der Waals surface area contributed by atoms with Gasteiger partial charge in [-0.3, -0.25) is 0 Å². The third-order valence-corrected chi connectivity index (χ3v) is 4.52. The van der Waals surface area contributed by atoms with Gasteiger partial charge in [-0.1, -0.05) is 25.5 Å². The van der Waals surface area contributed by atoms with Crippen LogP contribution >= 0.6 is 11.3 Å². The molecule has 0 saturated carbocycles. The third kappa shape index (κ3) is 4.09. The maximum Gasteiger partial charge on any atom is 0.119 e. The SMILES string of the molecule is CCCCc1ccc(OCc2cc(CN)sc2C)cc1. The Hall–Kier alpha value is -1.32. The van der Waals surface area contributed by atoms with E-state index in [0.717, 1.165) is 12.2 Å². The van der Waals surface area contributed by atoms with Crippen LogP contribution in [-0.2, 0) is 19.6 Å². The molecule has 0 spiro atoms. The molecule has 1 aromatic heterocycles. The number of thiophene rings is 1. The summed E-state index contributed by atoms with van der Waals surface area (Å²) in [6.45, 7) is 5.57. The van der Waals surface area contributed by atoms with E-state index in [1.54, 1.807) is 11.3 Å². The number of hydrogen-bond acceptors (Lipinski definition) is 3. The molecule has 0 bridgehead atoms. The summed E-state index contributed by atoms with van der Waals surface area (Å²) in [5, 5.41) is 0. The van der Waals surface area contributed by atoms with Crippen molar-refractivity contribution in [3.8, 4) is 5.75 Å². The number of aryl methyl sites for hydroxylation is 2. The van der Waals surface area contributed by atoms with Crippen molar-refractivity contribution in [2.75, 3.05) is 0 Å². The second-order valence-electron chi connectivity index (χ2n) is 5.03. The van der Waals surface area contributed by atoms with Crippen molar-refractivity contribution >= 4 is 11.3 Å². The highest BCUT2D eigenvalue weighted by Crippen LogP contribution is 2.23. The summed E-state index contributed by atoms with van der Waals surface area (Å²) in [4.78, 5) is 2.51. The molecular weight excluding hydrogens is 266 g/mol. The lowest BCUT2D eigenvalue weighted by Gasteiger charge is -2.07. The van der Waals surface area contributed by atoms with Gasteiger partial charge < -0.3 is 10.5 Å². The summed E-state index contributed by atoms with van der Waals surface area (Å²) in [6.07, 6.45) is 3.63. The number of hydrogen-bond donors (Lipinski definition) is 1. The van der Waals surface area contributed by atoms with Gasteiger partial charge in [0.2, 0.25) is 0 Å².